The van der Waals surface area contributed by atoms with Gasteiger partial charge in [-0.05, 0) is 30.3 Å². The van der Waals surface area contributed by atoms with Crippen molar-refractivity contribution >= 4 is 11.0 Å². The van der Waals surface area contributed by atoms with Crippen LogP contribution in [-0.4, -0.2) is 32.7 Å². The summed E-state index contributed by atoms with van der Waals surface area (Å²) < 4.78 is 33.2. The van der Waals surface area contributed by atoms with Crippen LogP contribution in [0.4, 0.5) is 0 Å². The Bertz CT molecular complexity index is 1060. The van der Waals surface area contributed by atoms with Crippen LogP contribution in [0.5, 0.6) is 28.7 Å². The second-order valence-electron chi connectivity index (χ2n) is 6.10. The van der Waals surface area contributed by atoms with Crippen molar-refractivity contribution in [1.29, 1.82) is 0 Å². The number of benzene rings is 2. The fourth-order valence-corrected chi connectivity index (χ4v) is 3.14. The second-order valence-corrected chi connectivity index (χ2v) is 6.10. The highest BCUT2D eigenvalue weighted by Crippen LogP contribution is 2.46. The highest BCUT2D eigenvalue weighted by Gasteiger charge is 2.36. The fraction of sp³-hybridized carbons (Fsp3) is 0.250. The number of rotatable bonds is 4. The van der Waals surface area contributed by atoms with E-state index in [0.717, 1.165) is 0 Å². The van der Waals surface area contributed by atoms with E-state index in [1.54, 1.807) is 30.3 Å². The number of fused-ring (bicyclic) bond motifs is 3. The van der Waals surface area contributed by atoms with E-state index >= 15 is 0 Å². The molecule has 1 aromatic heterocycles. The first-order valence-corrected chi connectivity index (χ1v) is 8.43. The summed E-state index contributed by atoms with van der Waals surface area (Å²) in [6.45, 7) is 0. The zero-order chi connectivity index (χ0) is 19.8. The Hall–Kier alpha value is -3.39. The molecule has 2 atom stereocenters. The monoisotopic (exact) mass is 386 g/mol. The molecule has 2 aromatic carbocycles. The van der Waals surface area contributed by atoms with Crippen LogP contribution in [0.1, 0.15) is 11.7 Å². The van der Waals surface area contributed by atoms with Gasteiger partial charge in [0.1, 0.15) is 0 Å². The molecule has 0 bridgehead atoms. The number of phenolic OH excluding ortho intramolecular Hbond substituents is 1. The predicted octanol–water partition coefficient (Wildman–Crippen LogP) is 3.00. The third kappa shape index (κ3) is 2.87. The molecule has 0 saturated carbocycles. The number of hydrogen-bond donors (Lipinski definition) is 1. The number of phenols is 1. The van der Waals surface area contributed by atoms with E-state index in [9.17, 15) is 9.90 Å². The molecule has 8 nitrogen and oxygen atoms in total. The number of aromatic hydroxyl groups is 1. The maximum Gasteiger partial charge on any atom is 0.336 e. The van der Waals surface area contributed by atoms with Gasteiger partial charge in [-0.1, -0.05) is 0 Å². The van der Waals surface area contributed by atoms with Crippen LogP contribution in [-0.2, 0) is 4.74 Å². The predicted molar refractivity (Wildman–Crippen MR) is 98.5 cm³/mol. The van der Waals surface area contributed by atoms with E-state index < -0.39 is 18.0 Å². The highest BCUT2D eigenvalue weighted by molar-refractivity contribution is 5.85. The standard InChI is InChI=1S/C20H18O8/c1-23-13-8-11(9-14(24-2)16(13)22)18-20(25-3)28-19-12(26-18)6-4-10-5-7-15(21)27-17(10)19/h4-9,18,20,22H,1-3H3. The first-order valence-electron chi connectivity index (χ1n) is 8.43. The van der Waals surface area contributed by atoms with Crippen LogP contribution in [0.3, 0.4) is 0 Å². The molecule has 146 valence electrons. The molecule has 0 saturated heterocycles. The van der Waals surface area contributed by atoms with E-state index in [2.05, 4.69) is 0 Å². The SMILES string of the molecule is COc1cc(C2Oc3ccc4ccc(=O)oc4c3OC2OC)cc(OC)c1O. The Morgan fingerprint density at radius 3 is 2.29 bits per heavy atom. The smallest absolute Gasteiger partial charge is 0.336 e. The lowest BCUT2D eigenvalue weighted by molar-refractivity contribution is -0.137. The van der Waals surface area contributed by atoms with E-state index in [1.807, 2.05) is 0 Å². The van der Waals surface area contributed by atoms with Crippen molar-refractivity contribution in [2.24, 2.45) is 0 Å². The third-order valence-corrected chi connectivity index (χ3v) is 4.51. The van der Waals surface area contributed by atoms with Gasteiger partial charge in [0, 0.05) is 24.1 Å². The van der Waals surface area contributed by atoms with Crippen LogP contribution in [0.25, 0.3) is 11.0 Å². The molecule has 1 aliphatic heterocycles. The molecule has 1 aliphatic rings. The Labute approximate surface area is 159 Å². The molecule has 1 N–H and O–H groups in total. The maximum atomic E-state index is 11.6. The lowest BCUT2D eigenvalue weighted by Gasteiger charge is -2.33. The summed E-state index contributed by atoms with van der Waals surface area (Å²) in [6.07, 6.45) is -1.53. The maximum absolute atomic E-state index is 11.6. The van der Waals surface area contributed by atoms with Crippen LogP contribution in [0.2, 0.25) is 0 Å². The van der Waals surface area contributed by atoms with Crippen molar-refractivity contribution in [3.63, 3.8) is 0 Å². The molecular weight excluding hydrogens is 368 g/mol. The summed E-state index contributed by atoms with van der Waals surface area (Å²) >= 11 is 0. The minimum absolute atomic E-state index is 0.118. The molecular formula is C20H18O8. The lowest BCUT2D eigenvalue weighted by atomic mass is 10.1. The molecule has 0 aliphatic carbocycles. The van der Waals surface area contributed by atoms with E-state index in [4.69, 9.17) is 28.1 Å². The minimum atomic E-state index is -0.845. The van der Waals surface area contributed by atoms with E-state index in [0.29, 0.717) is 16.7 Å². The summed E-state index contributed by atoms with van der Waals surface area (Å²) in [5.41, 5.74) is 0.401. The van der Waals surface area contributed by atoms with Crippen molar-refractivity contribution in [2.45, 2.75) is 12.4 Å². The van der Waals surface area contributed by atoms with Gasteiger partial charge >= 0.3 is 5.63 Å². The first kappa shape index (κ1) is 18.0. The highest BCUT2D eigenvalue weighted by atomic mass is 16.7. The molecule has 0 radical (unpaired) electrons. The van der Waals surface area contributed by atoms with Gasteiger partial charge in [0.2, 0.25) is 17.8 Å². The van der Waals surface area contributed by atoms with Crippen molar-refractivity contribution in [1.82, 2.24) is 0 Å². The van der Waals surface area contributed by atoms with Gasteiger partial charge in [-0.3, -0.25) is 0 Å². The summed E-state index contributed by atoms with van der Waals surface area (Å²) in [7, 11) is 4.35. The first-order chi connectivity index (χ1) is 13.5. The van der Waals surface area contributed by atoms with Crippen molar-refractivity contribution in [3.05, 3.63) is 52.4 Å². The van der Waals surface area contributed by atoms with Gasteiger partial charge in [0.25, 0.3) is 0 Å². The van der Waals surface area contributed by atoms with Crippen LogP contribution in [0, 0.1) is 0 Å². The van der Waals surface area contributed by atoms with Crippen molar-refractivity contribution in [3.8, 4) is 28.7 Å². The molecule has 2 unspecified atom stereocenters. The van der Waals surface area contributed by atoms with Gasteiger partial charge in [-0.15, -0.1) is 0 Å². The quantitative estimate of drug-likeness (QED) is 0.684. The average molecular weight is 386 g/mol. The summed E-state index contributed by atoms with van der Waals surface area (Å²) in [5.74, 6) is 1.01. The zero-order valence-corrected chi connectivity index (χ0v) is 15.4. The topological polar surface area (TPSA) is 96.6 Å². The summed E-state index contributed by atoms with van der Waals surface area (Å²) in [4.78, 5) is 11.6. The summed E-state index contributed by atoms with van der Waals surface area (Å²) in [5, 5.41) is 10.8. The Balaban J connectivity index is 1.82. The molecule has 4 rings (SSSR count). The third-order valence-electron chi connectivity index (χ3n) is 4.51. The number of hydrogen-bond acceptors (Lipinski definition) is 8. The van der Waals surface area contributed by atoms with Crippen LogP contribution < -0.4 is 24.6 Å². The van der Waals surface area contributed by atoms with Gasteiger partial charge in [-0.2, -0.15) is 0 Å². The molecule has 2 heterocycles. The van der Waals surface area contributed by atoms with E-state index in [-0.39, 0.29) is 28.6 Å². The number of methoxy groups -OCH3 is 3. The minimum Gasteiger partial charge on any atom is -0.502 e. The Kier molecular flexibility index (Phi) is 4.48. The molecule has 28 heavy (non-hydrogen) atoms. The normalized spacial score (nSPS) is 18.1. The molecule has 3 aromatic rings. The molecule has 0 amide bonds. The van der Waals surface area contributed by atoms with Crippen molar-refractivity contribution < 1.29 is 33.2 Å². The molecule has 8 heteroatoms. The van der Waals surface area contributed by atoms with Gasteiger partial charge in [0.15, 0.2) is 28.9 Å². The van der Waals surface area contributed by atoms with Gasteiger partial charge in [-0.25, -0.2) is 4.79 Å². The lowest BCUT2D eigenvalue weighted by Crippen LogP contribution is -2.34. The number of ether oxygens (including phenoxy) is 5. The summed E-state index contributed by atoms with van der Waals surface area (Å²) in [6, 6.07) is 9.71. The largest absolute Gasteiger partial charge is 0.502 e. The zero-order valence-electron chi connectivity index (χ0n) is 15.4. The van der Waals surface area contributed by atoms with Gasteiger partial charge in [0.05, 0.1) is 14.2 Å². The Morgan fingerprint density at radius 1 is 0.964 bits per heavy atom. The van der Waals surface area contributed by atoms with Crippen LogP contribution in [0.15, 0.2) is 45.6 Å². The fourth-order valence-electron chi connectivity index (χ4n) is 3.14. The van der Waals surface area contributed by atoms with Crippen LogP contribution >= 0.6 is 0 Å². The Morgan fingerprint density at radius 2 is 1.64 bits per heavy atom. The molecule has 0 spiro atoms. The van der Waals surface area contributed by atoms with Gasteiger partial charge < -0.3 is 33.2 Å². The average Bonchev–Trinajstić information content (AvgIpc) is 2.72. The van der Waals surface area contributed by atoms with Crippen molar-refractivity contribution in [2.75, 3.05) is 21.3 Å². The second kappa shape index (κ2) is 6.97. The van der Waals surface area contributed by atoms with E-state index in [1.165, 1.54) is 27.4 Å². The molecule has 0 fully saturated rings.